The Labute approximate surface area is 124 Å². The van der Waals surface area contributed by atoms with Gasteiger partial charge in [-0.15, -0.1) is 22.9 Å². The number of alkyl halides is 1. The molecule has 1 unspecified atom stereocenters. The van der Waals surface area contributed by atoms with Crippen LogP contribution in [0.25, 0.3) is 0 Å². The van der Waals surface area contributed by atoms with Gasteiger partial charge in [-0.3, -0.25) is 0 Å². The van der Waals surface area contributed by atoms with Gasteiger partial charge in [-0.2, -0.15) is 0 Å². The quantitative estimate of drug-likeness (QED) is 0.710. The minimum Gasteiger partial charge on any atom is -0.483 e. The van der Waals surface area contributed by atoms with Crippen LogP contribution < -0.4 is 4.74 Å². The van der Waals surface area contributed by atoms with E-state index in [1.54, 1.807) is 18.2 Å². The lowest BCUT2D eigenvalue weighted by Gasteiger charge is -2.12. The van der Waals surface area contributed by atoms with E-state index in [0.29, 0.717) is 21.7 Å². The van der Waals surface area contributed by atoms with E-state index in [4.69, 9.17) is 39.5 Å². The maximum absolute atomic E-state index is 5.91. The zero-order valence-electron chi connectivity index (χ0n) is 9.49. The molecule has 2 nitrogen and oxygen atoms in total. The Morgan fingerprint density at radius 1 is 1.28 bits per heavy atom. The third-order valence-electron chi connectivity index (χ3n) is 2.20. The van der Waals surface area contributed by atoms with E-state index in [1.165, 1.54) is 11.3 Å². The fourth-order valence-electron chi connectivity index (χ4n) is 1.42. The molecule has 0 saturated heterocycles. The first-order valence-corrected chi connectivity index (χ1v) is 7.38. The number of rotatable bonds is 4. The van der Waals surface area contributed by atoms with Gasteiger partial charge >= 0.3 is 0 Å². The molecule has 0 radical (unpaired) electrons. The summed E-state index contributed by atoms with van der Waals surface area (Å²) in [6.07, 6.45) is -0.165. The second-order valence-electron chi connectivity index (χ2n) is 3.68. The first-order valence-electron chi connectivity index (χ1n) is 5.21. The number of thiazole rings is 1. The molecule has 0 amide bonds. The number of aromatic nitrogens is 1. The molecule has 1 aromatic heterocycles. The van der Waals surface area contributed by atoms with E-state index in [-0.39, 0.29) is 6.10 Å². The molecule has 0 bridgehead atoms. The molecular weight excluding hydrogens is 313 g/mol. The molecule has 1 atom stereocenters. The molecule has 1 aromatic carbocycles. The summed E-state index contributed by atoms with van der Waals surface area (Å²) < 4.78 is 5.76. The molecule has 0 N–H and O–H groups in total. The van der Waals surface area contributed by atoms with Gasteiger partial charge in [0.15, 0.2) is 0 Å². The highest BCUT2D eigenvalue weighted by Gasteiger charge is 2.12. The van der Waals surface area contributed by atoms with E-state index in [9.17, 15) is 0 Å². The van der Waals surface area contributed by atoms with Gasteiger partial charge in [0.2, 0.25) is 0 Å². The third-order valence-corrected chi connectivity index (χ3v) is 3.97. The monoisotopic (exact) mass is 321 g/mol. The van der Waals surface area contributed by atoms with Gasteiger partial charge < -0.3 is 4.74 Å². The lowest BCUT2D eigenvalue weighted by atomic mass is 10.3. The van der Waals surface area contributed by atoms with Gasteiger partial charge in [-0.1, -0.05) is 23.2 Å². The van der Waals surface area contributed by atoms with Crippen LogP contribution in [-0.2, 0) is 5.88 Å². The Kier molecular flexibility index (Phi) is 4.73. The van der Waals surface area contributed by atoms with Crippen LogP contribution in [0.1, 0.15) is 23.7 Å². The highest BCUT2D eigenvalue weighted by molar-refractivity contribution is 7.09. The van der Waals surface area contributed by atoms with Crippen molar-refractivity contribution in [3.63, 3.8) is 0 Å². The normalized spacial score (nSPS) is 12.4. The molecule has 96 valence electrons. The summed E-state index contributed by atoms with van der Waals surface area (Å²) in [5, 5.41) is 3.89. The van der Waals surface area contributed by atoms with Crippen LogP contribution >= 0.6 is 46.1 Å². The Bertz CT molecular complexity index is 524. The Morgan fingerprint density at radius 2 is 1.94 bits per heavy atom. The van der Waals surface area contributed by atoms with E-state index in [0.717, 1.165) is 10.7 Å². The van der Waals surface area contributed by atoms with Crippen molar-refractivity contribution < 1.29 is 4.74 Å². The van der Waals surface area contributed by atoms with Crippen molar-refractivity contribution in [3.8, 4) is 5.75 Å². The summed E-state index contributed by atoms with van der Waals surface area (Å²) in [5.41, 5.74) is 0.858. The summed E-state index contributed by atoms with van der Waals surface area (Å²) >= 11 is 19.1. The summed E-state index contributed by atoms with van der Waals surface area (Å²) in [6.45, 7) is 1.92. The highest BCUT2D eigenvalue weighted by atomic mass is 35.5. The van der Waals surface area contributed by atoms with Crippen LogP contribution in [0, 0.1) is 0 Å². The van der Waals surface area contributed by atoms with Crippen molar-refractivity contribution in [1.82, 2.24) is 4.98 Å². The lowest BCUT2D eigenvalue weighted by Crippen LogP contribution is -2.02. The van der Waals surface area contributed by atoms with Crippen LogP contribution in [-0.4, -0.2) is 4.98 Å². The fourth-order valence-corrected chi connectivity index (χ4v) is 2.96. The van der Waals surface area contributed by atoms with Crippen LogP contribution in [0.3, 0.4) is 0 Å². The zero-order valence-corrected chi connectivity index (χ0v) is 12.6. The van der Waals surface area contributed by atoms with Gasteiger partial charge in [-0.25, -0.2) is 4.98 Å². The predicted molar refractivity (Wildman–Crippen MR) is 77.2 cm³/mol. The van der Waals surface area contributed by atoms with Crippen molar-refractivity contribution >= 4 is 46.1 Å². The minimum absolute atomic E-state index is 0.165. The molecule has 0 spiro atoms. The minimum atomic E-state index is -0.165. The molecule has 6 heteroatoms. The van der Waals surface area contributed by atoms with Crippen LogP contribution in [0.15, 0.2) is 23.6 Å². The second kappa shape index (κ2) is 6.11. The second-order valence-corrected chi connectivity index (χ2v) is 5.71. The Morgan fingerprint density at radius 3 is 2.50 bits per heavy atom. The van der Waals surface area contributed by atoms with Crippen molar-refractivity contribution in [3.05, 3.63) is 44.3 Å². The summed E-state index contributed by atoms with van der Waals surface area (Å²) in [7, 11) is 0. The molecule has 0 aliphatic carbocycles. The Hall–Kier alpha value is -0.480. The molecule has 2 aromatic rings. The van der Waals surface area contributed by atoms with Gasteiger partial charge in [0, 0.05) is 15.4 Å². The molecular formula is C12H10Cl3NOS. The number of ether oxygens (including phenoxy) is 1. The first kappa shape index (κ1) is 13.9. The van der Waals surface area contributed by atoms with Crippen LogP contribution in [0.2, 0.25) is 10.0 Å². The maximum Gasteiger partial charge on any atom is 0.147 e. The van der Waals surface area contributed by atoms with Crippen molar-refractivity contribution in [2.24, 2.45) is 0 Å². The largest absolute Gasteiger partial charge is 0.483 e. The zero-order chi connectivity index (χ0) is 13.1. The standard InChI is InChI=1S/C12H10Cl3NOS/c1-7(12-16-10(5-13)6-18-12)17-11-3-8(14)2-9(15)4-11/h2-4,6-7H,5H2,1H3. The first-order chi connectivity index (χ1) is 8.58. The summed E-state index contributed by atoms with van der Waals surface area (Å²) in [5.74, 6) is 1.04. The van der Waals surface area contributed by atoms with E-state index in [1.807, 2.05) is 12.3 Å². The lowest BCUT2D eigenvalue weighted by molar-refractivity contribution is 0.226. The molecule has 2 rings (SSSR count). The van der Waals surface area contributed by atoms with Gasteiger partial charge in [0.25, 0.3) is 0 Å². The van der Waals surface area contributed by atoms with Crippen LogP contribution in [0.4, 0.5) is 0 Å². The smallest absolute Gasteiger partial charge is 0.147 e. The van der Waals surface area contributed by atoms with Gasteiger partial charge in [-0.05, 0) is 25.1 Å². The third kappa shape index (κ3) is 3.51. The molecule has 0 aliphatic rings. The van der Waals surface area contributed by atoms with Crippen molar-refractivity contribution in [2.45, 2.75) is 18.9 Å². The van der Waals surface area contributed by atoms with Crippen molar-refractivity contribution in [1.29, 1.82) is 0 Å². The number of hydrogen-bond acceptors (Lipinski definition) is 3. The van der Waals surface area contributed by atoms with E-state index >= 15 is 0 Å². The summed E-state index contributed by atoms with van der Waals surface area (Å²) in [4.78, 5) is 4.37. The SMILES string of the molecule is CC(Oc1cc(Cl)cc(Cl)c1)c1nc(CCl)cs1. The number of benzene rings is 1. The topological polar surface area (TPSA) is 22.1 Å². The van der Waals surface area contributed by atoms with Crippen molar-refractivity contribution in [2.75, 3.05) is 0 Å². The molecule has 0 fully saturated rings. The summed E-state index contributed by atoms with van der Waals surface area (Å²) in [6, 6.07) is 5.11. The van der Waals surface area contributed by atoms with Crippen LogP contribution in [0.5, 0.6) is 5.75 Å². The molecule has 1 heterocycles. The number of nitrogens with zero attached hydrogens (tertiary/aromatic N) is 1. The molecule has 18 heavy (non-hydrogen) atoms. The molecule has 0 saturated carbocycles. The molecule has 0 aliphatic heterocycles. The average Bonchev–Trinajstić information content (AvgIpc) is 2.75. The average molecular weight is 323 g/mol. The van der Waals surface area contributed by atoms with E-state index in [2.05, 4.69) is 4.98 Å². The number of hydrogen-bond donors (Lipinski definition) is 0. The van der Waals surface area contributed by atoms with E-state index < -0.39 is 0 Å². The highest BCUT2D eigenvalue weighted by Crippen LogP contribution is 2.29. The fraction of sp³-hybridized carbons (Fsp3) is 0.250. The Balaban J connectivity index is 2.12. The number of halogens is 3. The maximum atomic E-state index is 5.91. The van der Waals surface area contributed by atoms with Gasteiger partial charge in [0.1, 0.15) is 16.9 Å². The predicted octanol–water partition coefficient (Wildman–Crippen LogP) is 5.33. The van der Waals surface area contributed by atoms with Gasteiger partial charge in [0.05, 0.1) is 11.6 Å².